The first kappa shape index (κ1) is 67.5. The number of rotatable bonds is 11. The Kier molecular flexibility index (Phi) is 15.2. The van der Waals surface area contributed by atoms with Gasteiger partial charge in [-0.2, -0.15) is 0 Å². The molecule has 548 valence electrons. The smallest absolute Gasteiger partial charge is 0.252 e. The quantitative estimate of drug-likeness (QED) is 0.120. The van der Waals surface area contributed by atoms with Gasteiger partial charge in [0.1, 0.15) is 0 Å². The van der Waals surface area contributed by atoms with E-state index in [1.165, 1.54) is 127 Å². The topological polar surface area (TPSA) is 21.3 Å². The Morgan fingerprint density at radius 1 is 0.207 bits per heavy atom. The lowest BCUT2D eigenvalue weighted by molar-refractivity contribution is 0.332. The van der Waals surface area contributed by atoms with Crippen molar-refractivity contribution in [2.45, 2.75) is 51.4 Å². The predicted molar refractivity (Wildman–Crippen MR) is 491 cm³/mol. The lowest BCUT2D eigenvalue weighted by atomic mass is 9.33. The van der Waals surface area contributed by atoms with E-state index in [9.17, 15) is 0 Å². The number of fused-ring (bicyclic) bond motifs is 14. The molecule has 5 heterocycles. The molecule has 116 heavy (non-hydrogen) atoms. The Labute approximate surface area is 676 Å². The van der Waals surface area contributed by atoms with Gasteiger partial charge in [-0.15, -0.1) is 0 Å². The molecule has 0 N–H and O–H groups in total. The third kappa shape index (κ3) is 10.7. The summed E-state index contributed by atoms with van der Waals surface area (Å²) < 4.78 is 7.59. The van der Waals surface area contributed by atoms with Gasteiger partial charge in [-0.25, -0.2) is 0 Å². The molecule has 0 saturated carbocycles. The highest BCUT2D eigenvalue weighted by Gasteiger charge is 2.45. The monoisotopic (exact) mass is 1480 g/mol. The summed E-state index contributed by atoms with van der Waals surface area (Å²) >= 11 is 0. The van der Waals surface area contributed by atoms with Gasteiger partial charge in [-0.3, -0.25) is 0 Å². The third-order valence-corrected chi connectivity index (χ3v) is 25.9. The lowest BCUT2D eigenvalue weighted by Gasteiger charge is -2.44. The van der Waals surface area contributed by atoms with Gasteiger partial charge in [0, 0.05) is 77.8 Å². The fraction of sp³-hybridized carbons (Fsp3) is 0.0727. The van der Waals surface area contributed by atoms with Gasteiger partial charge in [0.15, 0.2) is 0 Å². The second kappa shape index (κ2) is 26.2. The van der Waals surface area contributed by atoms with Crippen LogP contribution in [0, 0.1) is 0 Å². The van der Waals surface area contributed by atoms with E-state index in [1.807, 2.05) is 0 Å². The molecular weight excluding hydrogens is 1400 g/mol. The minimum absolute atomic E-state index is 0.0568. The van der Waals surface area contributed by atoms with E-state index >= 15 is 0 Å². The van der Waals surface area contributed by atoms with Crippen molar-refractivity contribution in [1.82, 2.24) is 13.7 Å². The van der Waals surface area contributed by atoms with Crippen molar-refractivity contribution in [2.24, 2.45) is 0 Å². The first-order chi connectivity index (χ1) is 57.0. The Balaban J connectivity index is 0.808. The molecule has 0 radical (unpaired) electrons. The van der Waals surface area contributed by atoms with Crippen LogP contribution in [-0.4, -0.2) is 20.4 Å². The van der Waals surface area contributed by atoms with Crippen LogP contribution in [0.5, 0.6) is 0 Å². The number of benzene rings is 17. The van der Waals surface area contributed by atoms with Crippen LogP contribution in [0.4, 0.5) is 34.1 Å². The highest BCUT2D eigenvalue weighted by molar-refractivity contribution is 7.00. The highest BCUT2D eigenvalue weighted by atomic mass is 15.2. The predicted octanol–water partition coefficient (Wildman–Crippen LogP) is 27.4. The number of aromatic nitrogens is 3. The molecule has 5 nitrogen and oxygen atoms in total. The molecular formula is C110H80BN5. The molecule has 0 amide bonds. The number of nitrogens with zero attached hydrogens (tertiary/aromatic N) is 5. The standard InChI is InChI=1S/C110H80BN5/c1-109(2)60-61-110(3,4)95-66-82(42-53-94(95)109)77-40-49-84(50-41-77)113-105-68-86(115-102-58-45-80(74-30-16-8-17-31-74)64-92(102)93-65-81(46-59-103(93)115)75-32-18-9-19-33-75)52-55-97(105)111-96-54-51-85(114-100-56-43-78(72-26-12-6-13-27-72)62-90(100)91-63-79(44-57-101(91)114)73-28-14-7-15-29-73)67-104(96)112(83-47-38-76(39-48-83)71-24-10-5-11-25-71)106-69-87(70-107(113)108(106)111)116-98-36-22-20-34-88(98)89-35-21-23-37-99(89)116/h5-59,62-70H,60-61H2,1-4H3. The number of anilines is 6. The van der Waals surface area contributed by atoms with Crippen molar-refractivity contribution in [2.75, 3.05) is 9.80 Å². The number of para-hydroxylation sites is 2. The summed E-state index contributed by atoms with van der Waals surface area (Å²) in [6.45, 7) is 9.49. The summed E-state index contributed by atoms with van der Waals surface area (Å²) in [4.78, 5) is 5.24. The van der Waals surface area contributed by atoms with Gasteiger partial charge >= 0.3 is 0 Å². The summed E-state index contributed by atoms with van der Waals surface area (Å²) in [7, 11) is 0. The molecule has 2 aliphatic heterocycles. The van der Waals surface area contributed by atoms with Crippen LogP contribution in [0.25, 0.3) is 149 Å². The van der Waals surface area contributed by atoms with Crippen molar-refractivity contribution in [1.29, 1.82) is 0 Å². The van der Waals surface area contributed by atoms with Gasteiger partial charge < -0.3 is 23.5 Å². The minimum atomic E-state index is -0.237. The first-order valence-corrected chi connectivity index (χ1v) is 40.8. The van der Waals surface area contributed by atoms with E-state index in [-0.39, 0.29) is 17.5 Å². The number of hydrogen-bond acceptors (Lipinski definition) is 2. The Bertz CT molecular complexity index is 7110. The summed E-state index contributed by atoms with van der Waals surface area (Å²) in [5, 5.41) is 7.23. The average molecular weight is 1480 g/mol. The second-order valence-corrected chi connectivity index (χ2v) is 33.4. The zero-order chi connectivity index (χ0) is 77.1. The van der Waals surface area contributed by atoms with Gasteiger partial charge in [-0.05, 0) is 239 Å². The largest absolute Gasteiger partial charge is 0.311 e. The van der Waals surface area contributed by atoms with Crippen molar-refractivity contribution in [3.63, 3.8) is 0 Å². The second-order valence-electron chi connectivity index (χ2n) is 33.4. The minimum Gasteiger partial charge on any atom is -0.311 e. The third-order valence-electron chi connectivity index (χ3n) is 25.9. The molecule has 20 aromatic rings. The van der Waals surface area contributed by atoms with Gasteiger partial charge in [-0.1, -0.05) is 295 Å². The van der Waals surface area contributed by atoms with Gasteiger partial charge in [0.05, 0.1) is 38.8 Å². The lowest BCUT2D eigenvalue weighted by Crippen LogP contribution is -2.61. The van der Waals surface area contributed by atoms with Crippen LogP contribution in [0.2, 0.25) is 0 Å². The molecule has 0 atom stereocenters. The van der Waals surface area contributed by atoms with E-state index in [0.29, 0.717) is 0 Å². The fourth-order valence-electron chi connectivity index (χ4n) is 20.0. The molecule has 3 aliphatic rings. The van der Waals surface area contributed by atoms with Gasteiger partial charge in [0.25, 0.3) is 6.71 Å². The van der Waals surface area contributed by atoms with Crippen LogP contribution >= 0.6 is 0 Å². The first-order valence-electron chi connectivity index (χ1n) is 40.8. The van der Waals surface area contributed by atoms with Crippen molar-refractivity contribution < 1.29 is 0 Å². The van der Waals surface area contributed by atoms with E-state index < -0.39 is 0 Å². The summed E-state index contributed by atoms with van der Waals surface area (Å²) in [5.41, 5.74) is 37.7. The van der Waals surface area contributed by atoms with Crippen molar-refractivity contribution in [3.05, 3.63) is 399 Å². The molecule has 6 heteroatoms. The fourth-order valence-corrected chi connectivity index (χ4v) is 20.0. The van der Waals surface area contributed by atoms with E-state index in [0.717, 1.165) is 96.3 Å². The maximum Gasteiger partial charge on any atom is 0.252 e. The van der Waals surface area contributed by atoms with E-state index in [2.05, 4.69) is 439 Å². The van der Waals surface area contributed by atoms with Crippen LogP contribution in [0.1, 0.15) is 51.7 Å². The average Bonchev–Trinajstić information content (AvgIpc) is 0.775. The SMILES string of the molecule is CC1(C)CCC(C)(C)c2cc(-c3ccc(N4c5cc(-n6c7ccc(-c8ccccc8)cc7c7cc(-c8ccccc8)ccc76)ccc5B5c6ccc(-n7c8ccc(-c9ccccc9)cc8c8cc(-c9ccccc9)ccc87)cc6N(c6ccc(-c7ccccc7)cc6)c6cc(-n7c8ccccc8c8ccccc87)cc4c65)cc3)ccc21. The summed E-state index contributed by atoms with van der Waals surface area (Å²) in [6, 6.07) is 147. The molecule has 3 aromatic heterocycles. The summed E-state index contributed by atoms with van der Waals surface area (Å²) in [6.07, 6.45) is 2.32. The van der Waals surface area contributed by atoms with E-state index in [4.69, 9.17) is 0 Å². The molecule has 0 saturated heterocycles. The van der Waals surface area contributed by atoms with Crippen LogP contribution in [0.3, 0.4) is 0 Å². The Hall–Kier alpha value is -14.2. The normalized spacial score (nSPS) is 13.9. The molecule has 0 fully saturated rings. The number of hydrogen-bond donors (Lipinski definition) is 0. The Morgan fingerprint density at radius 3 is 0.871 bits per heavy atom. The molecule has 0 spiro atoms. The van der Waals surface area contributed by atoms with Gasteiger partial charge in [0.2, 0.25) is 0 Å². The Morgan fingerprint density at radius 2 is 0.483 bits per heavy atom. The zero-order valence-electron chi connectivity index (χ0n) is 65.2. The molecule has 23 rings (SSSR count). The molecule has 1 aliphatic carbocycles. The highest BCUT2D eigenvalue weighted by Crippen LogP contribution is 2.52. The maximum absolute atomic E-state index is 2.63. The van der Waals surface area contributed by atoms with Crippen molar-refractivity contribution in [3.8, 4) is 83.8 Å². The van der Waals surface area contributed by atoms with Crippen molar-refractivity contribution >= 4 is 123 Å². The summed E-state index contributed by atoms with van der Waals surface area (Å²) in [5.74, 6) is 0. The van der Waals surface area contributed by atoms with E-state index in [1.54, 1.807) is 0 Å². The van der Waals surface area contributed by atoms with Crippen LogP contribution < -0.4 is 26.2 Å². The maximum atomic E-state index is 2.63. The van der Waals surface area contributed by atoms with Crippen LogP contribution in [0.15, 0.2) is 388 Å². The van der Waals surface area contributed by atoms with Crippen LogP contribution in [-0.2, 0) is 10.8 Å². The molecule has 0 unspecified atom stereocenters. The zero-order valence-corrected chi connectivity index (χ0v) is 65.2. The molecule has 0 bridgehead atoms. The molecule has 17 aromatic carbocycles.